The molecular formula is C16H21N3O. The summed E-state index contributed by atoms with van der Waals surface area (Å²) in [5.41, 5.74) is 2.52. The largest absolute Gasteiger partial charge is 0.345 e. The molecule has 0 saturated carbocycles. The van der Waals surface area contributed by atoms with E-state index in [1.54, 1.807) is 0 Å². The molecule has 0 aliphatic heterocycles. The number of nitrogens with zero attached hydrogens (tertiary/aromatic N) is 1. The number of carbonyl (C=O) groups is 1. The number of amides is 1. The molecule has 0 aliphatic rings. The zero-order valence-electron chi connectivity index (χ0n) is 12.2. The summed E-state index contributed by atoms with van der Waals surface area (Å²) in [5, 5.41) is 3.07. The van der Waals surface area contributed by atoms with Crippen molar-refractivity contribution in [2.24, 2.45) is 0 Å². The van der Waals surface area contributed by atoms with Gasteiger partial charge in [0.25, 0.3) is 5.91 Å². The minimum Gasteiger partial charge on any atom is -0.345 e. The first-order valence-electron chi connectivity index (χ1n) is 7.07. The third kappa shape index (κ3) is 3.07. The molecule has 2 rings (SSSR count). The van der Waals surface area contributed by atoms with Crippen LogP contribution in [-0.2, 0) is 6.42 Å². The Hall–Kier alpha value is -2.10. The fourth-order valence-corrected chi connectivity index (χ4v) is 2.32. The molecule has 0 aliphatic carbocycles. The molecule has 1 amide bonds. The molecule has 1 unspecified atom stereocenters. The summed E-state index contributed by atoms with van der Waals surface area (Å²) in [5.74, 6) is 0.668. The molecule has 2 aromatic rings. The highest BCUT2D eigenvalue weighted by molar-refractivity contribution is 5.93. The number of H-pyrrole nitrogens is 1. The quantitative estimate of drug-likeness (QED) is 0.877. The third-order valence-corrected chi connectivity index (χ3v) is 3.38. The van der Waals surface area contributed by atoms with Crippen molar-refractivity contribution in [2.45, 2.75) is 39.7 Å². The Morgan fingerprint density at radius 3 is 2.60 bits per heavy atom. The number of aromatic nitrogens is 2. The van der Waals surface area contributed by atoms with Crippen molar-refractivity contribution in [3.05, 3.63) is 53.1 Å². The first-order valence-corrected chi connectivity index (χ1v) is 7.07. The summed E-state index contributed by atoms with van der Waals surface area (Å²) in [6, 6.07) is 10.0. The Morgan fingerprint density at radius 2 is 2.00 bits per heavy atom. The first-order chi connectivity index (χ1) is 9.65. The first kappa shape index (κ1) is 14.3. The topological polar surface area (TPSA) is 57.8 Å². The predicted octanol–water partition coefficient (Wildman–Crippen LogP) is 3.16. The van der Waals surface area contributed by atoms with Crippen LogP contribution in [0.25, 0.3) is 0 Å². The van der Waals surface area contributed by atoms with Crippen LogP contribution < -0.4 is 5.32 Å². The zero-order chi connectivity index (χ0) is 14.5. The van der Waals surface area contributed by atoms with Gasteiger partial charge in [-0.15, -0.1) is 0 Å². The fourth-order valence-electron chi connectivity index (χ4n) is 2.32. The summed E-state index contributed by atoms with van der Waals surface area (Å²) < 4.78 is 0. The lowest BCUT2D eigenvalue weighted by molar-refractivity contribution is 0.0930. The average molecular weight is 271 g/mol. The maximum absolute atomic E-state index is 12.4. The average Bonchev–Trinajstić information content (AvgIpc) is 2.86. The van der Waals surface area contributed by atoms with Crippen LogP contribution >= 0.6 is 0 Å². The van der Waals surface area contributed by atoms with Gasteiger partial charge >= 0.3 is 0 Å². The maximum atomic E-state index is 12.4. The molecule has 20 heavy (non-hydrogen) atoms. The Balaban J connectivity index is 2.17. The molecule has 4 nitrogen and oxygen atoms in total. The van der Waals surface area contributed by atoms with Crippen LogP contribution in [0.5, 0.6) is 0 Å². The number of imidazole rings is 1. The second-order valence-electron chi connectivity index (χ2n) is 4.85. The van der Waals surface area contributed by atoms with Gasteiger partial charge in [-0.1, -0.05) is 44.2 Å². The van der Waals surface area contributed by atoms with Gasteiger partial charge in [0, 0.05) is 5.69 Å². The van der Waals surface area contributed by atoms with Crippen molar-refractivity contribution in [1.82, 2.24) is 15.3 Å². The minimum absolute atomic E-state index is 0.0189. The summed E-state index contributed by atoms with van der Waals surface area (Å²) in [6.07, 6.45) is 1.62. The number of hydrogen-bond donors (Lipinski definition) is 2. The lowest BCUT2D eigenvalue weighted by Gasteiger charge is -2.17. The van der Waals surface area contributed by atoms with E-state index in [0.717, 1.165) is 29.9 Å². The van der Waals surface area contributed by atoms with Crippen LogP contribution in [0.15, 0.2) is 30.3 Å². The van der Waals surface area contributed by atoms with Crippen molar-refractivity contribution >= 4 is 5.91 Å². The molecule has 4 heteroatoms. The highest BCUT2D eigenvalue weighted by Gasteiger charge is 2.19. The van der Waals surface area contributed by atoms with Gasteiger partial charge in [0.15, 0.2) is 0 Å². The predicted molar refractivity (Wildman–Crippen MR) is 79.6 cm³/mol. The van der Waals surface area contributed by atoms with Gasteiger partial charge in [-0.05, 0) is 25.3 Å². The highest BCUT2D eigenvalue weighted by atomic mass is 16.2. The molecule has 0 spiro atoms. The normalized spacial score (nSPS) is 12.2. The number of benzene rings is 1. The van der Waals surface area contributed by atoms with Gasteiger partial charge in [-0.3, -0.25) is 4.79 Å². The Labute approximate surface area is 119 Å². The van der Waals surface area contributed by atoms with Gasteiger partial charge < -0.3 is 10.3 Å². The van der Waals surface area contributed by atoms with Crippen molar-refractivity contribution in [3.63, 3.8) is 0 Å². The molecule has 2 N–H and O–H groups in total. The van der Waals surface area contributed by atoms with Crippen LogP contribution in [0.2, 0.25) is 0 Å². The molecule has 1 atom stereocenters. The van der Waals surface area contributed by atoms with E-state index in [1.807, 2.05) is 44.2 Å². The standard InChI is InChI=1S/C16H21N3O/c1-4-13(12-9-7-6-8-10-12)19-16(20)15-14(5-2)17-11(3)18-15/h6-10,13H,4-5H2,1-3H3,(H,17,18)(H,19,20). The van der Waals surface area contributed by atoms with Crippen LogP contribution in [0.3, 0.4) is 0 Å². The van der Waals surface area contributed by atoms with Crippen LogP contribution in [0.4, 0.5) is 0 Å². The summed E-state index contributed by atoms with van der Waals surface area (Å²) in [6.45, 7) is 5.94. The van der Waals surface area contributed by atoms with Gasteiger partial charge in [0.05, 0.1) is 6.04 Å². The lowest BCUT2D eigenvalue weighted by atomic mass is 10.0. The van der Waals surface area contributed by atoms with Gasteiger partial charge in [-0.25, -0.2) is 4.98 Å². The van der Waals surface area contributed by atoms with Crippen molar-refractivity contribution < 1.29 is 4.79 Å². The molecule has 1 heterocycles. The van der Waals surface area contributed by atoms with E-state index >= 15 is 0 Å². The van der Waals surface area contributed by atoms with Gasteiger partial charge in [0.2, 0.25) is 0 Å². The monoisotopic (exact) mass is 271 g/mol. The number of nitrogens with one attached hydrogen (secondary N) is 2. The SMILES string of the molecule is CCc1[nH]c(C)nc1C(=O)NC(CC)c1ccccc1. The number of aromatic amines is 1. The molecule has 106 valence electrons. The third-order valence-electron chi connectivity index (χ3n) is 3.38. The van der Waals surface area contributed by atoms with Crippen LogP contribution in [0, 0.1) is 6.92 Å². The van der Waals surface area contributed by atoms with E-state index in [9.17, 15) is 4.79 Å². The molecular weight excluding hydrogens is 250 g/mol. The van der Waals surface area contributed by atoms with E-state index in [4.69, 9.17) is 0 Å². The maximum Gasteiger partial charge on any atom is 0.272 e. The fraction of sp³-hybridized carbons (Fsp3) is 0.375. The number of hydrogen-bond acceptors (Lipinski definition) is 2. The van der Waals surface area contributed by atoms with Gasteiger partial charge in [0.1, 0.15) is 11.5 Å². The second kappa shape index (κ2) is 6.37. The summed E-state index contributed by atoms with van der Waals surface area (Å²) in [4.78, 5) is 19.8. The lowest BCUT2D eigenvalue weighted by Crippen LogP contribution is -2.29. The minimum atomic E-state index is -0.109. The summed E-state index contributed by atoms with van der Waals surface area (Å²) >= 11 is 0. The zero-order valence-corrected chi connectivity index (χ0v) is 12.2. The number of rotatable bonds is 5. The molecule has 1 aromatic carbocycles. The Kier molecular flexibility index (Phi) is 4.56. The van der Waals surface area contributed by atoms with E-state index < -0.39 is 0 Å². The van der Waals surface area contributed by atoms with Crippen molar-refractivity contribution in [1.29, 1.82) is 0 Å². The Bertz CT molecular complexity index is 575. The van der Waals surface area contributed by atoms with Gasteiger partial charge in [-0.2, -0.15) is 0 Å². The van der Waals surface area contributed by atoms with Crippen LogP contribution in [0.1, 0.15) is 53.9 Å². The Morgan fingerprint density at radius 1 is 1.30 bits per heavy atom. The van der Waals surface area contributed by atoms with E-state index in [2.05, 4.69) is 22.2 Å². The molecule has 0 radical (unpaired) electrons. The van der Waals surface area contributed by atoms with E-state index in [-0.39, 0.29) is 11.9 Å². The smallest absolute Gasteiger partial charge is 0.272 e. The number of carbonyl (C=O) groups excluding carboxylic acids is 1. The highest BCUT2D eigenvalue weighted by Crippen LogP contribution is 2.17. The molecule has 1 aromatic heterocycles. The van der Waals surface area contributed by atoms with Crippen molar-refractivity contribution in [2.75, 3.05) is 0 Å². The summed E-state index contributed by atoms with van der Waals surface area (Å²) in [7, 11) is 0. The molecule has 0 saturated heterocycles. The number of aryl methyl sites for hydroxylation is 2. The van der Waals surface area contributed by atoms with Crippen LogP contribution in [-0.4, -0.2) is 15.9 Å². The van der Waals surface area contributed by atoms with E-state index in [1.165, 1.54) is 0 Å². The second-order valence-corrected chi connectivity index (χ2v) is 4.85. The van der Waals surface area contributed by atoms with E-state index in [0.29, 0.717) is 5.69 Å². The van der Waals surface area contributed by atoms with Crippen molar-refractivity contribution in [3.8, 4) is 0 Å². The molecule has 0 fully saturated rings. The molecule has 0 bridgehead atoms.